The molecule has 4 aromatic carbocycles. The number of esters is 1. The summed E-state index contributed by atoms with van der Waals surface area (Å²) in [5.41, 5.74) is 2.29. The molecule has 0 aliphatic heterocycles. The van der Waals surface area contributed by atoms with Gasteiger partial charge in [0.2, 0.25) is 0 Å². The van der Waals surface area contributed by atoms with E-state index in [4.69, 9.17) is 4.74 Å². The van der Waals surface area contributed by atoms with Gasteiger partial charge >= 0.3 is 5.97 Å². The Morgan fingerprint density at radius 2 is 1.19 bits per heavy atom. The minimum Gasteiger partial charge on any atom is -0.449 e. The van der Waals surface area contributed by atoms with Gasteiger partial charge in [0.15, 0.2) is 0 Å². The minimum atomic E-state index is -0.917. The molecule has 0 bridgehead atoms. The number of carbonyl (C=O) groups is 1. The summed E-state index contributed by atoms with van der Waals surface area (Å²) in [4.78, 5) is 13.5. The Balaban J connectivity index is 1.75. The molecule has 0 heterocycles. The molecular weight excluding hydrogens is 411 g/mol. The van der Waals surface area contributed by atoms with Crippen LogP contribution in [0, 0.1) is 0 Å². The SMILES string of the molecule is C=C(C)[C@@H](OC(=O)c1ccccc1P(c1ccccc1)c1ccccc1)c1ccccc1. The van der Waals surface area contributed by atoms with Crippen molar-refractivity contribution in [3.63, 3.8) is 0 Å². The first-order chi connectivity index (χ1) is 15.6. The highest BCUT2D eigenvalue weighted by Gasteiger charge is 2.25. The second-order valence-electron chi connectivity index (χ2n) is 7.57. The van der Waals surface area contributed by atoms with Crippen molar-refractivity contribution < 1.29 is 9.53 Å². The maximum atomic E-state index is 13.5. The summed E-state index contributed by atoms with van der Waals surface area (Å²) in [5.74, 6) is -0.336. The van der Waals surface area contributed by atoms with Gasteiger partial charge in [-0.3, -0.25) is 0 Å². The molecule has 0 unspecified atom stereocenters. The molecule has 3 heteroatoms. The Kier molecular flexibility index (Phi) is 6.94. The largest absolute Gasteiger partial charge is 0.449 e. The maximum absolute atomic E-state index is 13.5. The van der Waals surface area contributed by atoms with Gasteiger partial charge in [-0.05, 0) is 48.0 Å². The molecule has 32 heavy (non-hydrogen) atoms. The summed E-state index contributed by atoms with van der Waals surface area (Å²) in [5, 5.41) is 3.36. The average molecular weight is 436 g/mol. The third-order valence-electron chi connectivity index (χ3n) is 5.17. The second-order valence-corrected chi connectivity index (χ2v) is 9.75. The van der Waals surface area contributed by atoms with Gasteiger partial charge in [-0.1, -0.05) is 116 Å². The van der Waals surface area contributed by atoms with Crippen molar-refractivity contribution >= 4 is 29.8 Å². The number of ether oxygens (including phenoxy) is 1. The highest BCUT2D eigenvalue weighted by atomic mass is 31.1. The molecule has 0 saturated heterocycles. The van der Waals surface area contributed by atoms with E-state index in [1.54, 1.807) is 0 Å². The molecule has 0 amide bonds. The molecule has 4 rings (SSSR count). The fourth-order valence-electron chi connectivity index (χ4n) is 3.67. The van der Waals surface area contributed by atoms with Crippen molar-refractivity contribution in [1.82, 2.24) is 0 Å². The Morgan fingerprint density at radius 3 is 1.72 bits per heavy atom. The quantitative estimate of drug-likeness (QED) is 0.204. The summed E-state index contributed by atoms with van der Waals surface area (Å²) in [6.07, 6.45) is -0.489. The zero-order valence-electron chi connectivity index (χ0n) is 18.0. The predicted molar refractivity (Wildman–Crippen MR) is 135 cm³/mol. The van der Waals surface area contributed by atoms with Crippen LogP contribution in [0.15, 0.2) is 127 Å². The van der Waals surface area contributed by atoms with Gasteiger partial charge in [0.1, 0.15) is 6.10 Å². The molecule has 0 spiro atoms. The van der Waals surface area contributed by atoms with E-state index in [-0.39, 0.29) is 5.97 Å². The van der Waals surface area contributed by atoms with Crippen LogP contribution < -0.4 is 15.9 Å². The first-order valence-electron chi connectivity index (χ1n) is 10.6. The van der Waals surface area contributed by atoms with Gasteiger partial charge < -0.3 is 4.74 Å². The Hall–Kier alpha value is -3.48. The molecule has 0 aliphatic carbocycles. The normalized spacial score (nSPS) is 11.7. The molecule has 4 aromatic rings. The van der Waals surface area contributed by atoms with E-state index in [0.717, 1.165) is 16.4 Å². The highest BCUT2D eigenvalue weighted by Crippen LogP contribution is 2.35. The van der Waals surface area contributed by atoms with Crippen LogP contribution in [0.3, 0.4) is 0 Å². The average Bonchev–Trinajstić information content (AvgIpc) is 2.84. The lowest BCUT2D eigenvalue weighted by atomic mass is 10.0. The van der Waals surface area contributed by atoms with Gasteiger partial charge in [0.05, 0.1) is 5.56 Å². The lowest BCUT2D eigenvalue weighted by Crippen LogP contribution is -2.26. The molecule has 0 fully saturated rings. The van der Waals surface area contributed by atoms with Crippen LogP contribution in [-0.2, 0) is 4.74 Å². The van der Waals surface area contributed by atoms with E-state index < -0.39 is 14.0 Å². The zero-order valence-corrected chi connectivity index (χ0v) is 18.9. The Bertz CT molecular complexity index is 1150. The molecule has 0 saturated carbocycles. The number of hydrogen-bond acceptors (Lipinski definition) is 2. The minimum absolute atomic E-state index is 0.336. The molecule has 0 aromatic heterocycles. The molecule has 2 nitrogen and oxygen atoms in total. The van der Waals surface area contributed by atoms with Crippen LogP contribution >= 0.6 is 7.92 Å². The van der Waals surface area contributed by atoms with Crippen LogP contribution in [0.1, 0.15) is 28.9 Å². The highest BCUT2D eigenvalue weighted by molar-refractivity contribution is 7.80. The molecule has 0 N–H and O–H groups in total. The molecule has 158 valence electrons. The number of rotatable bonds is 7. The van der Waals surface area contributed by atoms with Crippen LogP contribution in [0.4, 0.5) is 0 Å². The molecule has 0 aliphatic rings. The van der Waals surface area contributed by atoms with Gasteiger partial charge in [-0.25, -0.2) is 4.79 Å². The summed E-state index contributed by atoms with van der Waals surface area (Å²) < 4.78 is 6.02. The van der Waals surface area contributed by atoms with E-state index in [0.29, 0.717) is 5.56 Å². The zero-order chi connectivity index (χ0) is 22.3. The predicted octanol–water partition coefficient (Wildman–Crippen LogP) is 5.92. The fraction of sp³-hybridized carbons (Fsp3) is 0.0690. The molecule has 1 atom stereocenters. The van der Waals surface area contributed by atoms with Crippen molar-refractivity contribution in [2.45, 2.75) is 13.0 Å². The third kappa shape index (κ3) is 4.88. The Morgan fingerprint density at radius 1 is 0.719 bits per heavy atom. The molecule has 0 radical (unpaired) electrons. The first-order valence-corrected chi connectivity index (χ1v) is 11.9. The van der Waals surface area contributed by atoms with Crippen molar-refractivity contribution in [2.75, 3.05) is 0 Å². The number of hydrogen-bond donors (Lipinski definition) is 0. The summed E-state index contributed by atoms with van der Waals surface area (Å²) >= 11 is 0. The third-order valence-corrected chi connectivity index (χ3v) is 7.67. The van der Waals surface area contributed by atoms with E-state index in [9.17, 15) is 4.79 Å². The fourth-order valence-corrected chi connectivity index (χ4v) is 6.11. The number of benzene rings is 4. The van der Waals surface area contributed by atoms with Gasteiger partial charge in [0, 0.05) is 0 Å². The van der Waals surface area contributed by atoms with Crippen molar-refractivity contribution in [2.24, 2.45) is 0 Å². The molecular formula is C29H25O2P. The number of carbonyl (C=O) groups excluding carboxylic acids is 1. The monoisotopic (exact) mass is 436 g/mol. The van der Waals surface area contributed by atoms with Gasteiger partial charge in [-0.15, -0.1) is 0 Å². The summed E-state index contributed by atoms with van der Waals surface area (Å²) in [7, 11) is -0.917. The van der Waals surface area contributed by atoms with E-state index >= 15 is 0 Å². The topological polar surface area (TPSA) is 26.3 Å². The van der Waals surface area contributed by atoms with Crippen LogP contribution in [-0.4, -0.2) is 5.97 Å². The first kappa shape index (κ1) is 21.7. The van der Waals surface area contributed by atoms with Gasteiger partial charge in [0.25, 0.3) is 0 Å². The van der Waals surface area contributed by atoms with Crippen LogP contribution in [0.2, 0.25) is 0 Å². The summed E-state index contributed by atoms with van der Waals surface area (Å²) in [6, 6.07) is 38.2. The lowest BCUT2D eigenvalue weighted by molar-refractivity contribution is 0.0373. The van der Waals surface area contributed by atoms with Crippen molar-refractivity contribution in [3.05, 3.63) is 139 Å². The standard InChI is InChI=1S/C29H25O2P/c1-22(2)28(23-14-6-3-7-15-23)31-29(30)26-20-12-13-21-27(26)32(24-16-8-4-9-17-24)25-18-10-5-11-19-25/h3-21,28H,1H2,2H3/t28-/m1/s1. The van der Waals surface area contributed by atoms with Crippen LogP contribution in [0.5, 0.6) is 0 Å². The van der Waals surface area contributed by atoms with Gasteiger partial charge in [-0.2, -0.15) is 0 Å². The Labute approximate surface area is 191 Å². The smallest absolute Gasteiger partial charge is 0.339 e. The van der Waals surface area contributed by atoms with E-state index in [1.807, 2.05) is 97.9 Å². The summed E-state index contributed by atoms with van der Waals surface area (Å²) in [6.45, 7) is 5.94. The lowest BCUT2D eigenvalue weighted by Gasteiger charge is -2.23. The van der Waals surface area contributed by atoms with E-state index in [2.05, 4.69) is 30.8 Å². The van der Waals surface area contributed by atoms with Crippen molar-refractivity contribution in [3.8, 4) is 0 Å². The second kappa shape index (κ2) is 10.2. The van der Waals surface area contributed by atoms with Crippen LogP contribution in [0.25, 0.3) is 0 Å². The maximum Gasteiger partial charge on any atom is 0.339 e. The van der Waals surface area contributed by atoms with E-state index in [1.165, 1.54) is 10.6 Å². The van der Waals surface area contributed by atoms with Crippen molar-refractivity contribution in [1.29, 1.82) is 0 Å².